The molecule has 22 heavy (non-hydrogen) atoms. The van der Waals surface area contributed by atoms with Crippen molar-refractivity contribution in [2.75, 3.05) is 0 Å². The number of hydrogen-bond donors (Lipinski definition) is 1. The fraction of sp³-hybridized carbons (Fsp3) is 0.158. The lowest BCUT2D eigenvalue weighted by atomic mass is 9.83. The molecule has 3 heteroatoms. The van der Waals surface area contributed by atoms with E-state index in [0.29, 0.717) is 28.8 Å². The highest BCUT2D eigenvalue weighted by Gasteiger charge is 2.44. The first kappa shape index (κ1) is 13.0. The van der Waals surface area contributed by atoms with E-state index in [2.05, 4.69) is 5.32 Å². The Hall–Kier alpha value is -2.68. The van der Waals surface area contributed by atoms with Crippen molar-refractivity contribution in [2.24, 2.45) is 0 Å². The third-order valence-corrected chi connectivity index (χ3v) is 4.56. The molecular weight excluding hydrogens is 274 g/mol. The highest BCUT2D eigenvalue weighted by atomic mass is 16.1. The van der Waals surface area contributed by atoms with E-state index in [9.17, 15) is 9.59 Å². The average Bonchev–Trinajstić information content (AvgIpc) is 2.93. The lowest BCUT2D eigenvalue weighted by Gasteiger charge is -2.26. The minimum absolute atomic E-state index is 0.0302. The largest absolute Gasteiger partial charge is 0.372 e. The van der Waals surface area contributed by atoms with Crippen molar-refractivity contribution in [2.45, 2.75) is 18.9 Å². The van der Waals surface area contributed by atoms with Gasteiger partial charge in [0.15, 0.2) is 5.78 Å². The summed E-state index contributed by atoms with van der Waals surface area (Å²) in [5.74, 6) is -0.109. The van der Waals surface area contributed by atoms with Crippen LogP contribution < -0.4 is 5.32 Å². The second-order valence-electron chi connectivity index (χ2n) is 6.06. The van der Waals surface area contributed by atoms with Gasteiger partial charge in [-0.1, -0.05) is 54.6 Å². The van der Waals surface area contributed by atoms with Crippen LogP contribution in [0.4, 0.5) is 0 Å². The number of benzene rings is 2. The number of carbonyl (C=O) groups is 2. The van der Waals surface area contributed by atoms with Gasteiger partial charge in [-0.3, -0.25) is 9.59 Å². The second-order valence-corrected chi connectivity index (χ2v) is 6.06. The molecule has 0 saturated heterocycles. The minimum atomic E-state index is -0.417. The number of allylic oxidation sites excluding steroid dienone is 1. The first-order valence-corrected chi connectivity index (χ1v) is 7.35. The van der Waals surface area contributed by atoms with Crippen molar-refractivity contribution in [1.29, 1.82) is 0 Å². The number of nitrogens with one attached hydrogen (secondary N) is 1. The molecule has 0 fully saturated rings. The summed E-state index contributed by atoms with van der Waals surface area (Å²) >= 11 is 0. The van der Waals surface area contributed by atoms with Crippen LogP contribution in [0.5, 0.6) is 0 Å². The van der Waals surface area contributed by atoms with Crippen molar-refractivity contribution in [1.82, 2.24) is 5.32 Å². The molecule has 1 aliphatic carbocycles. The summed E-state index contributed by atoms with van der Waals surface area (Å²) in [6, 6.07) is 17.0. The standard InChI is InChI=1S/C19H15NO2/c1-19(12-7-3-2-4-8-12)11-15-16(20-19)18(22)14-10-6-5-9-13(14)17(15)21/h2-10,20H,11H2,1H3. The van der Waals surface area contributed by atoms with E-state index in [1.165, 1.54) is 0 Å². The average molecular weight is 289 g/mol. The second kappa shape index (κ2) is 4.41. The van der Waals surface area contributed by atoms with Gasteiger partial charge in [0.1, 0.15) is 0 Å². The number of ketones is 2. The van der Waals surface area contributed by atoms with Gasteiger partial charge in [-0.05, 0) is 12.5 Å². The van der Waals surface area contributed by atoms with E-state index in [0.717, 1.165) is 5.56 Å². The summed E-state index contributed by atoms with van der Waals surface area (Å²) in [6.07, 6.45) is 0.533. The molecule has 0 amide bonds. The summed E-state index contributed by atoms with van der Waals surface area (Å²) in [6.45, 7) is 2.03. The van der Waals surface area contributed by atoms with Crippen molar-refractivity contribution < 1.29 is 9.59 Å². The van der Waals surface area contributed by atoms with Gasteiger partial charge in [-0.2, -0.15) is 0 Å². The molecule has 1 N–H and O–H groups in total. The fourth-order valence-corrected chi connectivity index (χ4v) is 3.38. The summed E-state index contributed by atoms with van der Waals surface area (Å²) in [5.41, 5.74) is 2.75. The lowest BCUT2D eigenvalue weighted by Crippen LogP contribution is -2.36. The van der Waals surface area contributed by atoms with E-state index >= 15 is 0 Å². The number of hydrogen-bond acceptors (Lipinski definition) is 3. The third kappa shape index (κ3) is 1.69. The van der Waals surface area contributed by atoms with Crippen LogP contribution >= 0.6 is 0 Å². The first-order valence-electron chi connectivity index (χ1n) is 7.35. The van der Waals surface area contributed by atoms with E-state index in [4.69, 9.17) is 0 Å². The maximum absolute atomic E-state index is 12.7. The van der Waals surface area contributed by atoms with Crippen molar-refractivity contribution >= 4 is 11.6 Å². The molecule has 0 radical (unpaired) electrons. The Morgan fingerprint density at radius 2 is 1.45 bits per heavy atom. The van der Waals surface area contributed by atoms with Gasteiger partial charge < -0.3 is 5.32 Å². The molecule has 2 aliphatic rings. The van der Waals surface area contributed by atoms with Crippen LogP contribution in [0.15, 0.2) is 65.9 Å². The maximum atomic E-state index is 12.7. The van der Waals surface area contributed by atoms with Gasteiger partial charge in [-0.15, -0.1) is 0 Å². The van der Waals surface area contributed by atoms with E-state index < -0.39 is 5.54 Å². The van der Waals surface area contributed by atoms with Crippen LogP contribution in [0.25, 0.3) is 0 Å². The Morgan fingerprint density at radius 1 is 0.864 bits per heavy atom. The Bertz CT molecular complexity index is 787. The zero-order chi connectivity index (χ0) is 15.3. The molecule has 2 aromatic carbocycles. The number of rotatable bonds is 1. The normalized spacial score (nSPS) is 23.1. The Labute approximate surface area is 128 Å². The van der Waals surface area contributed by atoms with Gasteiger partial charge in [0, 0.05) is 23.1 Å². The summed E-state index contributed by atoms with van der Waals surface area (Å²) < 4.78 is 0. The molecule has 3 nitrogen and oxygen atoms in total. The predicted molar refractivity (Wildman–Crippen MR) is 83.7 cm³/mol. The quantitative estimate of drug-likeness (QED) is 0.876. The molecule has 0 bridgehead atoms. The monoisotopic (exact) mass is 289 g/mol. The number of fused-ring (bicyclic) bond motifs is 1. The molecule has 108 valence electrons. The van der Waals surface area contributed by atoms with Crippen molar-refractivity contribution in [3.05, 3.63) is 82.6 Å². The molecule has 0 aromatic heterocycles. The van der Waals surface area contributed by atoms with Crippen LogP contribution in [0.1, 0.15) is 39.6 Å². The van der Waals surface area contributed by atoms with Gasteiger partial charge in [0.05, 0.1) is 11.2 Å². The Balaban J connectivity index is 1.79. The van der Waals surface area contributed by atoms with Crippen LogP contribution in [0.3, 0.4) is 0 Å². The molecule has 1 atom stereocenters. The van der Waals surface area contributed by atoms with Crippen LogP contribution in [-0.2, 0) is 5.54 Å². The van der Waals surface area contributed by atoms with Gasteiger partial charge in [-0.25, -0.2) is 0 Å². The van der Waals surface area contributed by atoms with Gasteiger partial charge >= 0.3 is 0 Å². The molecule has 0 saturated carbocycles. The number of Topliss-reactive ketones (excluding diaryl/α,β-unsaturated/α-hetero) is 2. The predicted octanol–water partition coefficient (Wildman–Crippen LogP) is 3.23. The van der Waals surface area contributed by atoms with Crippen LogP contribution in [0, 0.1) is 0 Å². The van der Waals surface area contributed by atoms with Crippen molar-refractivity contribution in [3.8, 4) is 0 Å². The first-order chi connectivity index (χ1) is 10.6. The molecule has 1 aliphatic heterocycles. The molecule has 4 rings (SSSR count). The van der Waals surface area contributed by atoms with Crippen LogP contribution in [0.2, 0.25) is 0 Å². The molecule has 1 heterocycles. The Morgan fingerprint density at radius 3 is 2.14 bits per heavy atom. The zero-order valence-corrected chi connectivity index (χ0v) is 12.2. The van der Waals surface area contributed by atoms with Gasteiger partial charge in [0.2, 0.25) is 5.78 Å². The molecule has 0 spiro atoms. The summed E-state index contributed by atoms with van der Waals surface area (Å²) in [4.78, 5) is 25.4. The maximum Gasteiger partial charge on any atom is 0.210 e. The van der Waals surface area contributed by atoms with Crippen LogP contribution in [-0.4, -0.2) is 11.6 Å². The van der Waals surface area contributed by atoms with Crippen molar-refractivity contribution in [3.63, 3.8) is 0 Å². The topological polar surface area (TPSA) is 46.2 Å². The lowest BCUT2D eigenvalue weighted by molar-refractivity contribution is 0.0973. The third-order valence-electron chi connectivity index (χ3n) is 4.56. The minimum Gasteiger partial charge on any atom is -0.372 e. The molecule has 2 aromatic rings. The number of carbonyl (C=O) groups excluding carboxylic acids is 2. The highest BCUT2D eigenvalue weighted by Crippen LogP contribution is 2.40. The summed E-state index contributed by atoms with van der Waals surface area (Å²) in [7, 11) is 0. The molecular formula is C19H15NO2. The summed E-state index contributed by atoms with van der Waals surface area (Å²) in [5, 5.41) is 3.32. The zero-order valence-electron chi connectivity index (χ0n) is 12.2. The van der Waals surface area contributed by atoms with E-state index in [-0.39, 0.29) is 11.6 Å². The van der Waals surface area contributed by atoms with Gasteiger partial charge in [0.25, 0.3) is 0 Å². The molecule has 1 unspecified atom stereocenters. The Kier molecular flexibility index (Phi) is 2.61. The SMILES string of the molecule is CC1(c2ccccc2)CC2=C(N1)C(=O)c1ccccc1C2=O. The van der Waals surface area contributed by atoms with E-state index in [1.54, 1.807) is 24.3 Å². The van der Waals surface area contributed by atoms with E-state index in [1.807, 2.05) is 37.3 Å². The highest BCUT2D eigenvalue weighted by molar-refractivity contribution is 6.27. The fourth-order valence-electron chi connectivity index (χ4n) is 3.38. The smallest absolute Gasteiger partial charge is 0.210 e.